The van der Waals surface area contributed by atoms with Gasteiger partial charge in [0.15, 0.2) is 5.82 Å². The van der Waals surface area contributed by atoms with Gasteiger partial charge in [0.05, 0.1) is 17.8 Å². The Hall–Kier alpha value is -2.63. The van der Waals surface area contributed by atoms with Crippen molar-refractivity contribution in [1.82, 2.24) is 15.1 Å². The minimum Gasteiger partial charge on any atom is -0.465 e. The Labute approximate surface area is 128 Å². The van der Waals surface area contributed by atoms with Gasteiger partial charge in [-0.05, 0) is 18.6 Å². The first-order chi connectivity index (χ1) is 10.7. The van der Waals surface area contributed by atoms with Crippen LogP contribution in [0.2, 0.25) is 0 Å². The minimum absolute atomic E-state index is 0.0816. The molecular formula is C16H16N4O2. The number of nitrogens with zero attached hydrogens (tertiary/aromatic N) is 4. The van der Waals surface area contributed by atoms with E-state index >= 15 is 0 Å². The van der Waals surface area contributed by atoms with Crippen molar-refractivity contribution in [2.24, 2.45) is 0 Å². The van der Waals surface area contributed by atoms with E-state index in [4.69, 9.17) is 5.11 Å². The Balaban J connectivity index is 1.53. The molecule has 3 heterocycles. The zero-order valence-corrected chi connectivity index (χ0v) is 12.0. The number of anilines is 1. The molecule has 1 aromatic carbocycles. The number of likely N-dealkylation sites (tertiary alicyclic amines) is 1. The van der Waals surface area contributed by atoms with Crippen LogP contribution in [0.15, 0.2) is 42.5 Å². The van der Waals surface area contributed by atoms with Gasteiger partial charge in [-0.1, -0.05) is 30.3 Å². The molecule has 0 radical (unpaired) electrons. The highest BCUT2D eigenvalue weighted by atomic mass is 16.4. The number of hydrogen-bond donors (Lipinski definition) is 1. The van der Waals surface area contributed by atoms with Crippen LogP contribution >= 0.6 is 0 Å². The predicted molar refractivity (Wildman–Crippen MR) is 81.7 cm³/mol. The van der Waals surface area contributed by atoms with Crippen molar-refractivity contribution in [2.45, 2.75) is 18.5 Å². The van der Waals surface area contributed by atoms with Crippen LogP contribution in [0.4, 0.5) is 10.6 Å². The van der Waals surface area contributed by atoms with Crippen molar-refractivity contribution in [3.8, 4) is 11.3 Å². The Morgan fingerprint density at radius 2 is 1.86 bits per heavy atom. The summed E-state index contributed by atoms with van der Waals surface area (Å²) in [7, 11) is 0. The van der Waals surface area contributed by atoms with Gasteiger partial charge in [0.25, 0.3) is 0 Å². The predicted octanol–water partition coefficient (Wildman–Crippen LogP) is 2.08. The van der Waals surface area contributed by atoms with Crippen LogP contribution in [0.3, 0.4) is 0 Å². The van der Waals surface area contributed by atoms with E-state index in [0.717, 1.165) is 23.5 Å². The maximum Gasteiger partial charge on any atom is 0.407 e. The van der Waals surface area contributed by atoms with Crippen LogP contribution in [0.1, 0.15) is 6.42 Å². The number of fused-ring (bicyclic) bond motifs is 2. The standard InChI is InChI=1S/C16H16N4O2/c21-16(22)20-10-12-8-13(20)9-19(12)15-7-6-14(17-18-15)11-4-2-1-3-5-11/h1-7,12-13H,8-10H2,(H,21,22)/t12-,13-/m0/s1. The van der Waals surface area contributed by atoms with Gasteiger partial charge in [-0.25, -0.2) is 4.79 Å². The van der Waals surface area contributed by atoms with E-state index in [1.165, 1.54) is 4.90 Å². The number of piperazine rings is 1. The lowest BCUT2D eigenvalue weighted by atomic mass is 10.1. The second kappa shape index (κ2) is 4.98. The van der Waals surface area contributed by atoms with Crippen LogP contribution in [0, 0.1) is 0 Å². The van der Waals surface area contributed by atoms with Crippen molar-refractivity contribution in [3.63, 3.8) is 0 Å². The molecule has 2 aromatic rings. The highest BCUT2D eigenvalue weighted by Gasteiger charge is 2.45. The molecule has 0 aliphatic carbocycles. The Morgan fingerprint density at radius 3 is 2.45 bits per heavy atom. The summed E-state index contributed by atoms with van der Waals surface area (Å²) in [6.07, 6.45) is 0.0617. The molecule has 22 heavy (non-hydrogen) atoms. The van der Waals surface area contributed by atoms with Crippen molar-refractivity contribution in [3.05, 3.63) is 42.5 Å². The lowest BCUT2D eigenvalue weighted by molar-refractivity contribution is 0.137. The van der Waals surface area contributed by atoms with Crippen LogP contribution in [0.5, 0.6) is 0 Å². The molecule has 2 saturated heterocycles. The summed E-state index contributed by atoms with van der Waals surface area (Å²) in [4.78, 5) is 14.8. The maximum absolute atomic E-state index is 11.1. The van der Waals surface area contributed by atoms with Gasteiger partial charge in [-0.3, -0.25) is 0 Å². The largest absolute Gasteiger partial charge is 0.465 e. The molecule has 2 fully saturated rings. The van der Waals surface area contributed by atoms with Crippen LogP contribution < -0.4 is 4.90 Å². The second-order valence-electron chi connectivity index (χ2n) is 5.77. The van der Waals surface area contributed by atoms with E-state index < -0.39 is 6.09 Å². The first-order valence-electron chi connectivity index (χ1n) is 7.38. The zero-order chi connectivity index (χ0) is 15.1. The molecule has 2 aliphatic rings. The highest BCUT2D eigenvalue weighted by Crippen LogP contribution is 2.33. The Morgan fingerprint density at radius 1 is 1.05 bits per heavy atom. The highest BCUT2D eigenvalue weighted by molar-refractivity contribution is 5.67. The molecule has 1 amide bonds. The lowest BCUT2D eigenvalue weighted by Gasteiger charge is -2.33. The summed E-state index contributed by atoms with van der Waals surface area (Å²) in [6.45, 7) is 1.26. The van der Waals surface area contributed by atoms with Gasteiger partial charge in [0.1, 0.15) is 0 Å². The molecule has 6 nitrogen and oxygen atoms in total. The quantitative estimate of drug-likeness (QED) is 0.919. The number of carboxylic acid groups (broad SMARTS) is 1. The van der Waals surface area contributed by atoms with Crippen molar-refractivity contribution in [2.75, 3.05) is 18.0 Å². The number of amides is 1. The normalized spacial score (nSPS) is 23.1. The number of hydrogen-bond acceptors (Lipinski definition) is 4. The van der Waals surface area contributed by atoms with Gasteiger partial charge in [0.2, 0.25) is 0 Å². The zero-order valence-electron chi connectivity index (χ0n) is 12.0. The van der Waals surface area contributed by atoms with Crippen molar-refractivity contribution in [1.29, 1.82) is 0 Å². The first-order valence-corrected chi connectivity index (χ1v) is 7.38. The van der Waals surface area contributed by atoms with Crippen LogP contribution in [-0.4, -0.2) is 51.5 Å². The molecule has 1 N–H and O–H groups in total. The summed E-state index contributed by atoms with van der Waals surface area (Å²) in [5.41, 5.74) is 1.89. The van der Waals surface area contributed by atoms with E-state index in [2.05, 4.69) is 15.1 Å². The fraction of sp³-hybridized carbons (Fsp3) is 0.312. The molecule has 2 atom stereocenters. The van der Waals surface area contributed by atoms with Gasteiger partial charge < -0.3 is 14.9 Å². The SMILES string of the molecule is O=C(O)N1C[C@@H]2C[C@H]1CN2c1ccc(-c2ccccc2)nn1. The summed E-state index contributed by atoms with van der Waals surface area (Å²) in [6, 6.07) is 14.2. The number of aromatic nitrogens is 2. The topological polar surface area (TPSA) is 69.6 Å². The van der Waals surface area contributed by atoms with Gasteiger partial charge >= 0.3 is 6.09 Å². The molecule has 1 aromatic heterocycles. The summed E-state index contributed by atoms with van der Waals surface area (Å²) in [5.74, 6) is 0.831. The van der Waals surface area contributed by atoms with Crippen molar-refractivity contribution >= 4 is 11.9 Å². The Bertz CT molecular complexity index is 689. The average molecular weight is 296 g/mol. The molecule has 4 rings (SSSR count). The first kappa shape index (κ1) is 13.1. The van der Waals surface area contributed by atoms with Crippen LogP contribution in [0.25, 0.3) is 11.3 Å². The fourth-order valence-electron chi connectivity index (χ4n) is 3.42. The number of carbonyl (C=O) groups is 1. The molecule has 0 unspecified atom stereocenters. The second-order valence-corrected chi connectivity index (χ2v) is 5.77. The maximum atomic E-state index is 11.1. The monoisotopic (exact) mass is 296 g/mol. The minimum atomic E-state index is -0.822. The Kier molecular flexibility index (Phi) is 2.96. The molecule has 0 saturated carbocycles. The number of rotatable bonds is 2. The van der Waals surface area contributed by atoms with Crippen molar-refractivity contribution < 1.29 is 9.90 Å². The molecular weight excluding hydrogens is 280 g/mol. The smallest absolute Gasteiger partial charge is 0.407 e. The molecule has 6 heteroatoms. The van der Waals surface area contributed by atoms with Gasteiger partial charge in [0, 0.05) is 18.7 Å². The van der Waals surface area contributed by atoms with E-state index in [0.29, 0.717) is 13.1 Å². The molecule has 0 spiro atoms. The third kappa shape index (κ3) is 2.07. The summed E-state index contributed by atoms with van der Waals surface area (Å²) >= 11 is 0. The third-order valence-electron chi connectivity index (χ3n) is 4.50. The number of benzene rings is 1. The van der Waals surface area contributed by atoms with E-state index in [9.17, 15) is 4.79 Å². The van der Waals surface area contributed by atoms with Crippen LogP contribution in [-0.2, 0) is 0 Å². The average Bonchev–Trinajstić information content (AvgIpc) is 3.16. The third-order valence-corrected chi connectivity index (χ3v) is 4.50. The summed E-state index contributed by atoms with van der Waals surface area (Å²) in [5, 5.41) is 17.8. The van der Waals surface area contributed by atoms with E-state index in [1.54, 1.807) is 0 Å². The fourth-order valence-corrected chi connectivity index (χ4v) is 3.42. The van der Waals surface area contributed by atoms with Gasteiger partial charge in [-0.2, -0.15) is 0 Å². The lowest BCUT2D eigenvalue weighted by Crippen LogP contribution is -2.48. The van der Waals surface area contributed by atoms with E-state index in [-0.39, 0.29) is 12.1 Å². The van der Waals surface area contributed by atoms with E-state index in [1.807, 2.05) is 42.5 Å². The molecule has 2 bridgehead atoms. The molecule has 112 valence electrons. The molecule has 2 aliphatic heterocycles. The van der Waals surface area contributed by atoms with Gasteiger partial charge in [-0.15, -0.1) is 10.2 Å². The summed E-state index contributed by atoms with van der Waals surface area (Å²) < 4.78 is 0.